The van der Waals surface area contributed by atoms with Crippen molar-refractivity contribution >= 4 is 17.6 Å². The van der Waals surface area contributed by atoms with Crippen molar-refractivity contribution in [2.45, 2.75) is 26.2 Å². The van der Waals surface area contributed by atoms with Crippen LogP contribution in [0.2, 0.25) is 0 Å². The van der Waals surface area contributed by atoms with Crippen LogP contribution in [0, 0.1) is 13.8 Å². The van der Waals surface area contributed by atoms with Crippen LogP contribution in [0.15, 0.2) is 42.5 Å². The lowest BCUT2D eigenvalue weighted by molar-refractivity contribution is -0.139. The Labute approximate surface area is 141 Å². The second-order valence-electron chi connectivity index (χ2n) is 5.73. The highest BCUT2D eigenvalue weighted by Gasteiger charge is 2.24. The van der Waals surface area contributed by atoms with Gasteiger partial charge in [0, 0.05) is 5.69 Å². The monoisotopic (exact) mass is 327 g/mol. The van der Waals surface area contributed by atoms with Gasteiger partial charge >= 0.3 is 5.97 Å². The van der Waals surface area contributed by atoms with Crippen LogP contribution in [-0.4, -0.2) is 24.1 Å². The molecule has 0 saturated heterocycles. The number of carboxylic acids is 1. The number of carbonyl (C=O) groups is 2. The molecule has 0 aliphatic carbocycles. The molecule has 0 aliphatic heterocycles. The van der Waals surface area contributed by atoms with E-state index in [0.717, 1.165) is 11.1 Å². The number of hydrogen-bond acceptors (Lipinski definition) is 3. The van der Waals surface area contributed by atoms with Crippen molar-refractivity contribution in [3.05, 3.63) is 59.2 Å². The summed E-state index contributed by atoms with van der Waals surface area (Å²) >= 11 is 0. The lowest BCUT2D eigenvalue weighted by atomic mass is 9.94. The number of benzene rings is 2. The van der Waals surface area contributed by atoms with Crippen LogP contribution >= 0.6 is 0 Å². The van der Waals surface area contributed by atoms with Gasteiger partial charge in [0.15, 0.2) is 0 Å². The molecule has 0 spiro atoms. The highest BCUT2D eigenvalue weighted by Crippen LogP contribution is 2.26. The van der Waals surface area contributed by atoms with Gasteiger partial charge in [0.1, 0.15) is 5.75 Å². The van der Waals surface area contributed by atoms with Crippen molar-refractivity contribution in [3.63, 3.8) is 0 Å². The Balaban J connectivity index is 2.31. The molecule has 5 heteroatoms. The molecule has 0 aromatic heterocycles. The number of aryl methyl sites for hydroxylation is 2. The number of aliphatic carboxylic acids is 1. The van der Waals surface area contributed by atoms with Gasteiger partial charge in [-0.2, -0.15) is 0 Å². The Hall–Kier alpha value is -2.82. The Morgan fingerprint density at radius 3 is 2.58 bits per heavy atom. The molecule has 126 valence electrons. The predicted molar refractivity (Wildman–Crippen MR) is 92.5 cm³/mol. The first-order valence-corrected chi connectivity index (χ1v) is 7.64. The molecular formula is C19H21NO4. The predicted octanol–water partition coefficient (Wildman–Crippen LogP) is 3.51. The molecule has 0 heterocycles. The molecule has 2 aromatic carbocycles. The SMILES string of the molecule is COc1cccc(C(CC(=O)O)C(=O)Nc2cc(C)ccc2C)c1. The number of methoxy groups -OCH3 is 1. The average molecular weight is 327 g/mol. The molecule has 24 heavy (non-hydrogen) atoms. The summed E-state index contributed by atoms with van der Waals surface area (Å²) in [4.78, 5) is 23.9. The van der Waals surface area contributed by atoms with Gasteiger partial charge in [0.25, 0.3) is 0 Å². The van der Waals surface area contributed by atoms with E-state index in [1.165, 1.54) is 7.11 Å². The number of carboxylic acid groups (broad SMARTS) is 1. The average Bonchev–Trinajstić information content (AvgIpc) is 2.55. The summed E-state index contributed by atoms with van der Waals surface area (Å²) in [5, 5.41) is 12.0. The van der Waals surface area contributed by atoms with Crippen molar-refractivity contribution < 1.29 is 19.4 Å². The molecule has 2 aromatic rings. The quantitative estimate of drug-likeness (QED) is 0.851. The number of nitrogens with one attached hydrogen (secondary N) is 1. The summed E-state index contributed by atoms with van der Waals surface area (Å²) in [5.74, 6) is -1.58. The zero-order valence-corrected chi connectivity index (χ0v) is 14.0. The minimum absolute atomic E-state index is 0.288. The molecule has 0 saturated carbocycles. The maximum atomic E-state index is 12.7. The second kappa shape index (κ2) is 7.64. The third kappa shape index (κ3) is 4.35. The van der Waals surface area contributed by atoms with E-state index in [1.807, 2.05) is 32.0 Å². The third-order valence-corrected chi connectivity index (χ3v) is 3.84. The van der Waals surface area contributed by atoms with Gasteiger partial charge in [-0.15, -0.1) is 0 Å². The van der Waals surface area contributed by atoms with Crippen LogP contribution in [-0.2, 0) is 9.59 Å². The van der Waals surface area contributed by atoms with E-state index in [0.29, 0.717) is 17.0 Å². The zero-order chi connectivity index (χ0) is 17.7. The third-order valence-electron chi connectivity index (χ3n) is 3.84. The molecule has 0 radical (unpaired) electrons. The minimum Gasteiger partial charge on any atom is -0.497 e. The van der Waals surface area contributed by atoms with Crippen LogP contribution in [0.1, 0.15) is 29.0 Å². The van der Waals surface area contributed by atoms with E-state index in [4.69, 9.17) is 4.74 Å². The number of amides is 1. The van der Waals surface area contributed by atoms with Gasteiger partial charge < -0.3 is 15.2 Å². The smallest absolute Gasteiger partial charge is 0.304 e. The maximum absolute atomic E-state index is 12.7. The minimum atomic E-state index is -1.03. The number of carbonyl (C=O) groups excluding carboxylic acids is 1. The maximum Gasteiger partial charge on any atom is 0.304 e. The van der Waals surface area contributed by atoms with Gasteiger partial charge in [0.2, 0.25) is 5.91 Å². The zero-order valence-electron chi connectivity index (χ0n) is 14.0. The molecule has 0 bridgehead atoms. The fourth-order valence-electron chi connectivity index (χ4n) is 2.49. The summed E-state index contributed by atoms with van der Waals surface area (Å²) in [6.07, 6.45) is -0.288. The Morgan fingerprint density at radius 2 is 1.92 bits per heavy atom. The lowest BCUT2D eigenvalue weighted by Crippen LogP contribution is -2.24. The van der Waals surface area contributed by atoms with Crippen molar-refractivity contribution in [2.75, 3.05) is 12.4 Å². The van der Waals surface area contributed by atoms with Crippen molar-refractivity contribution in [1.82, 2.24) is 0 Å². The van der Waals surface area contributed by atoms with E-state index < -0.39 is 11.9 Å². The van der Waals surface area contributed by atoms with Gasteiger partial charge in [0.05, 0.1) is 19.4 Å². The first-order chi connectivity index (χ1) is 11.4. The van der Waals surface area contributed by atoms with E-state index >= 15 is 0 Å². The van der Waals surface area contributed by atoms with Crippen molar-refractivity contribution in [2.24, 2.45) is 0 Å². The van der Waals surface area contributed by atoms with Crippen LogP contribution in [0.5, 0.6) is 5.75 Å². The summed E-state index contributed by atoms with van der Waals surface area (Å²) in [7, 11) is 1.53. The topological polar surface area (TPSA) is 75.6 Å². The first-order valence-electron chi connectivity index (χ1n) is 7.64. The molecule has 5 nitrogen and oxygen atoms in total. The molecule has 1 amide bonds. The summed E-state index contributed by atoms with van der Waals surface area (Å²) in [6, 6.07) is 12.7. The van der Waals surface area contributed by atoms with Crippen LogP contribution in [0.4, 0.5) is 5.69 Å². The van der Waals surface area contributed by atoms with Gasteiger partial charge in [-0.25, -0.2) is 0 Å². The second-order valence-corrected chi connectivity index (χ2v) is 5.73. The molecule has 0 fully saturated rings. The molecule has 1 atom stereocenters. The van der Waals surface area contributed by atoms with Crippen LogP contribution in [0.3, 0.4) is 0 Å². The van der Waals surface area contributed by atoms with Gasteiger partial charge in [-0.1, -0.05) is 24.3 Å². The van der Waals surface area contributed by atoms with Gasteiger partial charge in [-0.3, -0.25) is 9.59 Å². The Bertz CT molecular complexity index is 755. The fourth-order valence-corrected chi connectivity index (χ4v) is 2.49. The lowest BCUT2D eigenvalue weighted by Gasteiger charge is -2.17. The number of rotatable bonds is 6. The summed E-state index contributed by atoms with van der Waals surface area (Å²) in [5.41, 5.74) is 3.25. The number of ether oxygens (including phenoxy) is 1. The normalized spacial score (nSPS) is 11.6. The molecular weight excluding hydrogens is 306 g/mol. The largest absolute Gasteiger partial charge is 0.497 e. The van der Waals surface area contributed by atoms with E-state index in [-0.39, 0.29) is 12.3 Å². The fraction of sp³-hybridized carbons (Fsp3) is 0.263. The van der Waals surface area contributed by atoms with E-state index in [2.05, 4.69) is 5.32 Å². The summed E-state index contributed by atoms with van der Waals surface area (Å²) in [6.45, 7) is 3.83. The standard InChI is InChI=1S/C19H21NO4/c1-12-7-8-13(2)17(9-12)20-19(23)16(11-18(21)22)14-5-4-6-15(10-14)24-3/h4-10,16H,11H2,1-3H3,(H,20,23)(H,21,22). The number of anilines is 1. The highest BCUT2D eigenvalue weighted by atomic mass is 16.5. The Morgan fingerprint density at radius 1 is 1.17 bits per heavy atom. The Kier molecular flexibility index (Phi) is 5.58. The van der Waals surface area contributed by atoms with Crippen LogP contribution in [0.25, 0.3) is 0 Å². The summed E-state index contributed by atoms with van der Waals surface area (Å²) < 4.78 is 5.16. The van der Waals surface area contributed by atoms with Crippen LogP contribution < -0.4 is 10.1 Å². The van der Waals surface area contributed by atoms with Crippen molar-refractivity contribution in [1.29, 1.82) is 0 Å². The molecule has 1 unspecified atom stereocenters. The number of hydrogen-bond donors (Lipinski definition) is 2. The van der Waals surface area contributed by atoms with E-state index in [1.54, 1.807) is 24.3 Å². The molecule has 2 N–H and O–H groups in total. The molecule has 2 rings (SSSR count). The van der Waals surface area contributed by atoms with E-state index in [9.17, 15) is 14.7 Å². The highest BCUT2D eigenvalue weighted by molar-refractivity contribution is 5.98. The molecule has 0 aliphatic rings. The van der Waals surface area contributed by atoms with Crippen molar-refractivity contribution in [3.8, 4) is 5.75 Å². The van der Waals surface area contributed by atoms with Gasteiger partial charge in [-0.05, 0) is 48.7 Å². The first kappa shape index (κ1) is 17.5.